The highest BCUT2D eigenvalue weighted by molar-refractivity contribution is 9.10. The lowest BCUT2D eigenvalue weighted by molar-refractivity contribution is -0.140. The minimum Gasteiger partial charge on any atom is -0.495 e. The minimum absolute atomic E-state index is 0.0332. The van der Waals surface area contributed by atoms with Crippen LogP contribution >= 0.6 is 15.9 Å². The zero-order valence-corrected chi connectivity index (χ0v) is 27.3. The highest BCUT2D eigenvalue weighted by atomic mass is 79.9. The van der Waals surface area contributed by atoms with Gasteiger partial charge in [-0.25, -0.2) is 8.42 Å². The summed E-state index contributed by atoms with van der Waals surface area (Å²) in [6.07, 6.45) is 0.244. The molecule has 10 heteroatoms. The third-order valence-electron chi connectivity index (χ3n) is 7.13. The molecular formula is C34H36BrN3O5S. The summed E-state index contributed by atoms with van der Waals surface area (Å²) in [6, 6.07) is 29.1. The van der Waals surface area contributed by atoms with Crippen LogP contribution in [0.15, 0.2) is 112 Å². The van der Waals surface area contributed by atoms with E-state index in [2.05, 4.69) is 21.2 Å². The number of anilines is 1. The highest BCUT2D eigenvalue weighted by Gasteiger charge is 2.35. The van der Waals surface area contributed by atoms with Crippen molar-refractivity contribution < 1.29 is 22.7 Å². The second kappa shape index (κ2) is 15.0. The number of amides is 2. The van der Waals surface area contributed by atoms with Crippen molar-refractivity contribution in [2.24, 2.45) is 0 Å². The third kappa shape index (κ3) is 8.06. The number of ether oxygens (including phenoxy) is 1. The molecule has 0 heterocycles. The van der Waals surface area contributed by atoms with Gasteiger partial charge in [-0.3, -0.25) is 13.9 Å². The smallest absolute Gasteiger partial charge is 0.264 e. The van der Waals surface area contributed by atoms with Crippen molar-refractivity contribution in [2.75, 3.05) is 24.5 Å². The van der Waals surface area contributed by atoms with Gasteiger partial charge in [-0.05, 0) is 61.4 Å². The average molecular weight is 679 g/mol. The summed E-state index contributed by atoms with van der Waals surface area (Å²) in [6.45, 7) is 3.59. The molecule has 2 amide bonds. The van der Waals surface area contributed by atoms with Crippen molar-refractivity contribution in [3.05, 3.63) is 124 Å². The maximum Gasteiger partial charge on any atom is 0.264 e. The van der Waals surface area contributed by atoms with Crippen molar-refractivity contribution in [1.82, 2.24) is 10.2 Å². The van der Waals surface area contributed by atoms with E-state index >= 15 is 0 Å². The summed E-state index contributed by atoms with van der Waals surface area (Å²) in [5.41, 5.74) is 2.76. The molecule has 230 valence electrons. The molecule has 0 spiro atoms. The minimum atomic E-state index is -4.23. The lowest BCUT2D eigenvalue weighted by Crippen LogP contribution is -2.53. The summed E-state index contributed by atoms with van der Waals surface area (Å²) in [5, 5.41) is 2.87. The Kier molecular flexibility index (Phi) is 11.2. The molecule has 1 N–H and O–H groups in total. The predicted molar refractivity (Wildman–Crippen MR) is 176 cm³/mol. The number of rotatable bonds is 13. The third-order valence-corrected chi connectivity index (χ3v) is 9.43. The highest BCUT2D eigenvalue weighted by Crippen LogP contribution is 2.33. The zero-order chi connectivity index (χ0) is 31.7. The van der Waals surface area contributed by atoms with E-state index in [9.17, 15) is 18.0 Å². The maximum atomic E-state index is 14.5. The standard InChI is InChI=1S/C34H36BrN3O5S/c1-4-36-34(40)31(22-26-10-6-5-7-11-26)37(23-27-16-18-28(35)19-17-27)33(39)24-38(30-12-8-9-13-32(30)43-3)44(41,42)29-20-14-25(2)15-21-29/h5-21,31H,4,22-24H2,1-3H3,(H,36,40)/t31-/m1/s1. The lowest BCUT2D eigenvalue weighted by Gasteiger charge is -2.34. The van der Waals surface area contributed by atoms with Crippen LogP contribution in [0.5, 0.6) is 5.75 Å². The number of nitrogens with one attached hydrogen (secondary N) is 1. The number of aryl methyl sites for hydroxylation is 1. The van der Waals surface area contributed by atoms with E-state index in [1.165, 1.54) is 24.1 Å². The van der Waals surface area contributed by atoms with Gasteiger partial charge >= 0.3 is 0 Å². The van der Waals surface area contributed by atoms with Crippen molar-refractivity contribution in [3.8, 4) is 5.75 Å². The van der Waals surface area contributed by atoms with Gasteiger partial charge in [-0.1, -0.05) is 88.2 Å². The molecule has 0 bridgehead atoms. The van der Waals surface area contributed by atoms with Crippen LogP contribution in [0.4, 0.5) is 5.69 Å². The van der Waals surface area contributed by atoms with Crippen LogP contribution in [0.1, 0.15) is 23.6 Å². The van der Waals surface area contributed by atoms with Gasteiger partial charge < -0.3 is 15.0 Å². The van der Waals surface area contributed by atoms with Crippen LogP contribution in [-0.2, 0) is 32.6 Å². The van der Waals surface area contributed by atoms with E-state index in [0.717, 1.165) is 25.5 Å². The van der Waals surface area contributed by atoms with Gasteiger partial charge in [0, 0.05) is 24.0 Å². The number of halogens is 1. The molecular weight excluding hydrogens is 642 g/mol. The molecule has 0 aliphatic carbocycles. The second-order valence-corrected chi connectivity index (χ2v) is 13.0. The Morgan fingerprint density at radius 3 is 2.14 bits per heavy atom. The molecule has 0 aliphatic heterocycles. The number of carbonyl (C=O) groups is 2. The van der Waals surface area contributed by atoms with Crippen LogP contribution in [0, 0.1) is 6.92 Å². The average Bonchev–Trinajstić information content (AvgIpc) is 3.03. The van der Waals surface area contributed by atoms with Gasteiger partial charge in [0.05, 0.1) is 17.7 Å². The Labute approximate surface area is 267 Å². The van der Waals surface area contributed by atoms with E-state index in [1.807, 2.05) is 68.4 Å². The summed E-state index contributed by atoms with van der Waals surface area (Å²) in [7, 11) is -2.78. The van der Waals surface area contributed by atoms with Crippen LogP contribution in [-0.4, -0.2) is 51.4 Å². The number of sulfonamides is 1. The molecule has 8 nitrogen and oxygen atoms in total. The molecule has 0 aliphatic rings. The molecule has 0 aromatic heterocycles. The van der Waals surface area contributed by atoms with Crippen LogP contribution in [0.25, 0.3) is 0 Å². The van der Waals surface area contributed by atoms with E-state index in [-0.39, 0.29) is 29.5 Å². The Morgan fingerprint density at radius 2 is 1.50 bits per heavy atom. The zero-order valence-electron chi connectivity index (χ0n) is 24.9. The SMILES string of the molecule is CCNC(=O)[C@@H](Cc1ccccc1)N(Cc1ccc(Br)cc1)C(=O)CN(c1ccccc1OC)S(=O)(=O)c1ccc(C)cc1. The first-order chi connectivity index (χ1) is 21.1. The first-order valence-corrected chi connectivity index (χ1v) is 16.4. The first-order valence-electron chi connectivity index (χ1n) is 14.2. The van der Waals surface area contributed by atoms with Crippen LogP contribution < -0.4 is 14.4 Å². The monoisotopic (exact) mass is 677 g/mol. The number of hydrogen-bond donors (Lipinski definition) is 1. The second-order valence-electron chi connectivity index (χ2n) is 10.2. The summed E-state index contributed by atoms with van der Waals surface area (Å²) >= 11 is 3.45. The predicted octanol–water partition coefficient (Wildman–Crippen LogP) is 5.74. The van der Waals surface area contributed by atoms with E-state index in [1.54, 1.807) is 36.4 Å². The molecule has 1 atom stereocenters. The Bertz CT molecular complexity index is 1660. The maximum absolute atomic E-state index is 14.5. The molecule has 4 aromatic rings. The number of nitrogens with zero attached hydrogens (tertiary/aromatic N) is 2. The number of methoxy groups -OCH3 is 1. The van der Waals surface area contributed by atoms with Gasteiger partial charge in [0.25, 0.3) is 10.0 Å². The fourth-order valence-corrected chi connectivity index (χ4v) is 6.51. The van der Waals surface area contributed by atoms with Gasteiger partial charge in [0.1, 0.15) is 18.3 Å². The lowest BCUT2D eigenvalue weighted by atomic mass is 10.0. The molecule has 0 fully saturated rings. The molecule has 0 unspecified atom stereocenters. The molecule has 4 aromatic carbocycles. The number of likely N-dealkylation sites (N-methyl/N-ethyl adjacent to an activating group) is 1. The number of hydrogen-bond acceptors (Lipinski definition) is 5. The topological polar surface area (TPSA) is 96.0 Å². The van der Waals surface area contributed by atoms with Gasteiger partial charge in [-0.15, -0.1) is 0 Å². The number of carbonyl (C=O) groups excluding carboxylic acids is 2. The van der Waals surface area contributed by atoms with Crippen LogP contribution in [0.3, 0.4) is 0 Å². The van der Waals surface area contributed by atoms with Crippen LogP contribution in [0.2, 0.25) is 0 Å². The van der Waals surface area contributed by atoms with Crippen molar-refractivity contribution >= 4 is 43.5 Å². The molecule has 0 radical (unpaired) electrons. The van der Waals surface area contributed by atoms with Gasteiger partial charge in [0.15, 0.2) is 0 Å². The van der Waals surface area contributed by atoms with E-state index in [0.29, 0.717) is 12.3 Å². The van der Waals surface area contributed by atoms with Gasteiger partial charge in [-0.2, -0.15) is 0 Å². The Balaban J connectivity index is 1.82. The fourth-order valence-electron chi connectivity index (χ4n) is 4.82. The molecule has 0 saturated heterocycles. The summed E-state index contributed by atoms with van der Waals surface area (Å²) < 4.78 is 35.8. The van der Waals surface area contributed by atoms with Crippen molar-refractivity contribution in [3.63, 3.8) is 0 Å². The van der Waals surface area contributed by atoms with Gasteiger partial charge in [0.2, 0.25) is 11.8 Å². The largest absolute Gasteiger partial charge is 0.495 e. The normalized spacial score (nSPS) is 11.8. The number of benzene rings is 4. The van der Waals surface area contributed by atoms with E-state index in [4.69, 9.17) is 4.74 Å². The fraction of sp³-hybridized carbons (Fsp3) is 0.235. The first kappa shape index (κ1) is 32.8. The van der Waals surface area contributed by atoms with Crippen molar-refractivity contribution in [2.45, 2.75) is 37.8 Å². The molecule has 4 rings (SSSR count). The number of para-hydroxylation sites is 2. The van der Waals surface area contributed by atoms with E-state index < -0.39 is 28.5 Å². The molecule has 0 saturated carbocycles. The summed E-state index contributed by atoms with van der Waals surface area (Å²) in [5.74, 6) is -0.575. The Morgan fingerprint density at radius 1 is 0.864 bits per heavy atom. The Hall–Kier alpha value is -4.15. The molecule has 44 heavy (non-hydrogen) atoms. The quantitative estimate of drug-likeness (QED) is 0.195. The summed E-state index contributed by atoms with van der Waals surface area (Å²) in [4.78, 5) is 29.5. The van der Waals surface area contributed by atoms with Crippen molar-refractivity contribution in [1.29, 1.82) is 0 Å².